The molecule has 1 aliphatic heterocycles. The minimum atomic E-state index is -0.295. The van der Waals surface area contributed by atoms with Gasteiger partial charge in [-0.2, -0.15) is 0 Å². The molecule has 0 radical (unpaired) electrons. The van der Waals surface area contributed by atoms with Crippen LogP contribution in [-0.4, -0.2) is 43.4 Å². The summed E-state index contributed by atoms with van der Waals surface area (Å²) in [6, 6.07) is 1.82. The number of carbonyl (C=O) groups is 2. The van der Waals surface area contributed by atoms with Gasteiger partial charge in [-0.3, -0.25) is 9.59 Å². The number of rotatable bonds is 6. The second-order valence-corrected chi connectivity index (χ2v) is 8.62. The van der Waals surface area contributed by atoms with E-state index in [9.17, 15) is 9.59 Å². The Morgan fingerprint density at radius 1 is 1.31 bits per heavy atom. The zero-order valence-corrected chi connectivity index (χ0v) is 17.2. The summed E-state index contributed by atoms with van der Waals surface area (Å²) in [6.07, 6.45) is 4.07. The molecule has 1 fully saturated rings. The lowest BCUT2D eigenvalue weighted by Gasteiger charge is -2.27. The van der Waals surface area contributed by atoms with Crippen LogP contribution in [0.3, 0.4) is 0 Å². The first-order chi connectivity index (χ1) is 12.3. The Hall–Kier alpha value is -1.30. The normalized spacial score (nSPS) is 19.9. The molecule has 2 aliphatic rings. The number of hydrogen-bond donors (Lipinski definition) is 0. The first-order valence-electron chi connectivity index (χ1n) is 8.80. The van der Waals surface area contributed by atoms with Crippen molar-refractivity contribution in [3.05, 3.63) is 39.6 Å². The van der Waals surface area contributed by atoms with Gasteiger partial charge in [0.05, 0.1) is 16.7 Å². The number of hydrogen-bond acceptors (Lipinski definition) is 5. The molecule has 6 heteroatoms. The van der Waals surface area contributed by atoms with E-state index < -0.39 is 0 Å². The van der Waals surface area contributed by atoms with Crippen molar-refractivity contribution in [1.29, 1.82) is 0 Å². The molecule has 0 spiro atoms. The summed E-state index contributed by atoms with van der Waals surface area (Å²) < 4.78 is 5.61. The molecule has 1 saturated carbocycles. The van der Waals surface area contributed by atoms with Gasteiger partial charge in [-0.15, -0.1) is 11.8 Å². The van der Waals surface area contributed by atoms with Crippen LogP contribution in [0, 0.1) is 12.8 Å². The van der Waals surface area contributed by atoms with Crippen LogP contribution in [0.15, 0.2) is 22.7 Å². The van der Waals surface area contributed by atoms with Crippen molar-refractivity contribution in [3.8, 4) is 0 Å². The van der Waals surface area contributed by atoms with Crippen LogP contribution >= 0.6 is 23.4 Å². The van der Waals surface area contributed by atoms with Gasteiger partial charge >= 0.3 is 0 Å². The SMILES string of the molecule is COC1CCSc2c(C)cc(C(=O)C(=CN(C)C)C(=O)C3CC3)c(Cl)c21. The number of methoxy groups -OCH3 is 1. The third-order valence-corrected chi connectivity index (χ3v) is 6.44. The highest BCUT2D eigenvalue weighted by molar-refractivity contribution is 7.99. The Morgan fingerprint density at radius 2 is 2.00 bits per heavy atom. The van der Waals surface area contributed by atoms with Crippen molar-refractivity contribution in [2.24, 2.45) is 5.92 Å². The second-order valence-electron chi connectivity index (χ2n) is 7.13. The highest BCUT2D eigenvalue weighted by Gasteiger charge is 2.36. The van der Waals surface area contributed by atoms with Crippen molar-refractivity contribution in [2.75, 3.05) is 27.0 Å². The lowest BCUT2D eigenvalue weighted by Crippen LogP contribution is -2.20. The van der Waals surface area contributed by atoms with E-state index in [1.54, 1.807) is 30.0 Å². The third kappa shape index (κ3) is 3.71. The predicted molar refractivity (Wildman–Crippen MR) is 105 cm³/mol. The number of allylic oxidation sites excluding steroid dienone is 1. The number of thioether (sulfide) groups is 1. The second kappa shape index (κ2) is 7.75. The van der Waals surface area contributed by atoms with E-state index in [1.165, 1.54) is 0 Å². The molecule has 1 heterocycles. The summed E-state index contributed by atoms with van der Waals surface area (Å²) in [5.41, 5.74) is 2.50. The minimum absolute atomic E-state index is 0.0232. The number of halogens is 1. The molecule has 1 unspecified atom stereocenters. The number of benzene rings is 1. The molecule has 0 saturated heterocycles. The Morgan fingerprint density at radius 3 is 2.58 bits per heavy atom. The van der Waals surface area contributed by atoms with E-state index in [0.29, 0.717) is 10.6 Å². The molecule has 1 aromatic carbocycles. The van der Waals surface area contributed by atoms with Crippen LogP contribution in [0.25, 0.3) is 0 Å². The fourth-order valence-corrected chi connectivity index (χ4v) is 4.92. The van der Waals surface area contributed by atoms with Gasteiger partial charge in [0.25, 0.3) is 0 Å². The van der Waals surface area contributed by atoms with Gasteiger partial charge < -0.3 is 9.64 Å². The van der Waals surface area contributed by atoms with Crippen molar-refractivity contribution in [1.82, 2.24) is 4.90 Å². The number of Topliss-reactive ketones (excluding diaryl/α,β-unsaturated/α-hetero) is 2. The summed E-state index contributed by atoms with van der Waals surface area (Å²) in [4.78, 5) is 28.8. The van der Waals surface area contributed by atoms with E-state index in [4.69, 9.17) is 16.3 Å². The van der Waals surface area contributed by atoms with Crippen LogP contribution in [0.1, 0.15) is 46.9 Å². The van der Waals surface area contributed by atoms with Crippen LogP contribution in [0.5, 0.6) is 0 Å². The Labute approximate surface area is 163 Å². The van der Waals surface area contributed by atoms with Crippen molar-refractivity contribution < 1.29 is 14.3 Å². The molecule has 0 bridgehead atoms. The summed E-state index contributed by atoms with van der Waals surface area (Å²) in [6.45, 7) is 1.98. The average molecular weight is 394 g/mol. The molecule has 3 rings (SSSR count). The fourth-order valence-electron chi connectivity index (χ4n) is 3.30. The molecule has 0 amide bonds. The highest BCUT2D eigenvalue weighted by Crippen LogP contribution is 2.45. The maximum absolute atomic E-state index is 13.3. The van der Waals surface area contributed by atoms with Crippen molar-refractivity contribution in [3.63, 3.8) is 0 Å². The van der Waals surface area contributed by atoms with Crippen LogP contribution in [0.4, 0.5) is 0 Å². The summed E-state index contributed by atoms with van der Waals surface area (Å²) in [5, 5.41) is 0.419. The maximum Gasteiger partial charge on any atom is 0.199 e. The van der Waals surface area contributed by atoms with Gasteiger partial charge in [-0.1, -0.05) is 11.6 Å². The molecule has 1 atom stereocenters. The molecule has 4 nitrogen and oxygen atoms in total. The number of aryl methyl sites for hydroxylation is 1. The Balaban J connectivity index is 2.09. The summed E-state index contributed by atoms with van der Waals surface area (Å²) in [5.74, 6) is 0.566. The van der Waals surface area contributed by atoms with Crippen LogP contribution < -0.4 is 0 Å². The molecule has 140 valence electrons. The number of ketones is 2. The van der Waals surface area contributed by atoms with Gasteiger partial charge in [0.15, 0.2) is 11.6 Å². The third-order valence-electron chi connectivity index (χ3n) is 4.76. The monoisotopic (exact) mass is 393 g/mol. The van der Waals surface area contributed by atoms with E-state index >= 15 is 0 Å². The van der Waals surface area contributed by atoms with Gasteiger partial charge in [0.2, 0.25) is 0 Å². The Bertz CT molecular complexity index is 784. The summed E-state index contributed by atoms with van der Waals surface area (Å²) in [7, 11) is 5.29. The van der Waals surface area contributed by atoms with Gasteiger partial charge in [-0.05, 0) is 37.8 Å². The average Bonchev–Trinajstić information content (AvgIpc) is 3.46. The maximum atomic E-state index is 13.3. The molecule has 1 aliphatic carbocycles. The molecular weight excluding hydrogens is 370 g/mol. The molecular formula is C20H24ClNO3S. The number of nitrogens with zero attached hydrogens (tertiary/aromatic N) is 1. The first kappa shape index (κ1) is 19.5. The molecule has 26 heavy (non-hydrogen) atoms. The van der Waals surface area contributed by atoms with Crippen molar-refractivity contribution >= 4 is 34.9 Å². The standard InChI is InChI=1S/C20H24ClNO3S/c1-11-9-13(17(21)16-15(25-4)7-8-26-20(11)16)19(24)14(10-22(2)3)18(23)12-5-6-12/h9-10,12,15H,5-8H2,1-4H3. The molecule has 0 N–H and O–H groups in total. The van der Waals surface area contributed by atoms with E-state index in [-0.39, 0.29) is 29.2 Å². The van der Waals surface area contributed by atoms with E-state index in [0.717, 1.165) is 41.0 Å². The number of carbonyl (C=O) groups excluding carboxylic acids is 2. The number of fused-ring (bicyclic) bond motifs is 1. The quantitative estimate of drug-likeness (QED) is 0.309. The van der Waals surface area contributed by atoms with Gasteiger partial charge in [-0.25, -0.2) is 0 Å². The Kier molecular flexibility index (Phi) is 5.80. The minimum Gasteiger partial charge on any atom is -0.383 e. The van der Waals surface area contributed by atoms with E-state index in [2.05, 4.69) is 0 Å². The lowest BCUT2D eigenvalue weighted by molar-refractivity contribution is -0.116. The lowest BCUT2D eigenvalue weighted by atomic mass is 9.93. The largest absolute Gasteiger partial charge is 0.383 e. The van der Waals surface area contributed by atoms with E-state index in [1.807, 2.05) is 27.1 Å². The summed E-state index contributed by atoms with van der Waals surface area (Å²) >= 11 is 8.43. The zero-order valence-electron chi connectivity index (χ0n) is 15.6. The van der Waals surface area contributed by atoms with Gasteiger partial charge in [0.1, 0.15) is 0 Å². The topological polar surface area (TPSA) is 46.6 Å². The zero-order chi connectivity index (χ0) is 19.0. The fraction of sp³-hybridized carbons (Fsp3) is 0.500. The molecule has 0 aromatic heterocycles. The number of ether oxygens (including phenoxy) is 1. The van der Waals surface area contributed by atoms with Crippen LogP contribution in [-0.2, 0) is 9.53 Å². The predicted octanol–water partition coefficient (Wildman–Crippen LogP) is 4.44. The molecule has 1 aromatic rings. The first-order valence-corrected chi connectivity index (χ1v) is 10.2. The van der Waals surface area contributed by atoms with Gasteiger partial charge in [0, 0.05) is 55.1 Å². The van der Waals surface area contributed by atoms with Crippen LogP contribution in [0.2, 0.25) is 5.02 Å². The highest BCUT2D eigenvalue weighted by atomic mass is 35.5. The van der Waals surface area contributed by atoms with Crippen molar-refractivity contribution in [2.45, 2.75) is 37.2 Å². The smallest absolute Gasteiger partial charge is 0.199 e.